The van der Waals surface area contributed by atoms with Gasteiger partial charge in [0, 0.05) is 4.90 Å². The number of thioether (sulfide) groups is 1. The van der Waals surface area contributed by atoms with Crippen molar-refractivity contribution in [2.45, 2.75) is 43.0 Å². The summed E-state index contributed by atoms with van der Waals surface area (Å²) < 4.78 is 0. The van der Waals surface area contributed by atoms with Crippen LogP contribution < -0.4 is 5.32 Å². The van der Waals surface area contributed by atoms with Crippen LogP contribution in [0, 0.1) is 5.92 Å². The summed E-state index contributed by atoms with van der Waals surface area (Å²) in [4.78, 5) is 13.5. The van der Waals surface area contributed by atoms with E-state index >= 15 is 0 Å². The standard InChI is InChI=1S/C16H22ClNO2S/c1-11-5-7-16(10-19,8-6-11)18-15(20)13-9-12(21-2)3-4-14(13)17/h3-4,9,11,19H,5-8,10H2,1-2H3,(H,18,20). The van der Waals surface area contributed by atoms with Crippen molar-refractivity contribution in [3.8, 4) is 0 Å². The van der Waals surface area contributed by atoms with Gasteiger partial charge < -0.3 is 10.4 Å². The quantitative estimate of drug-likeness (QED) is 0.828. The van der Waals surface area contributed by atoms with E-state index < -0.39 is 5.54 Å². The van der Waals surface area contributed by atoms with Crippen LogP contribution in [-0.2, 0) is 0 Å². The lowest BCUT2D eigenvalue weighted by Crippen LogP contribution is -2.53. The molecule has 1 aromatic rings. The van der Waals surface area contributed by atoms with Crippen LogP contribution in [0.25, 0.3) is 0 Å². The lowest BCUT2D eigenvalue weighted by Gasteiger charge is -2.38. The fourth-order valence-corrected chi connectivity index (χ4v) is 3.39. The van der Waals surface area contributed by atoms with Gasteiger partial charge in [-0.25, -0.2) is 0 Å². The van der Waals surface area contributed by atoms with Gasteiger partial charge in [-0.1, -0.05) is 18.5 Å². The maximum Gasteiger partial charge on any atom is 0.253 e. The maximum absolute atomic E-state index is 12.5. The Morgan fingerprint density at radius 3 is 2.71 bits per heavy atom. The third-order valence-corrected chi connectivity index (χ3v) is 5.39. The van der Waals surface area contributed by atoms with Crippen molar-refractivity contribution in [1.82, 2.24) is 5.32 Å². The van der Waals surface area contributed by atoms with Crippen molar-refractivity contribution >= 4 is 29.3 Å². The van der Waals surface area contributed by atoms with Gasteiger partial charge in [0.05, 0.1) is 22.7 Å². The average molecular weight is 328 g/mol. The van der Waals surface area contributed by atoms with Gasteiger partial charge in [0.25, 0.3) is 5.91 Å². The van der Waals surface area contributed by atoms with Gasteiger partial charge in [-0.05, 0) is 56.1 Å². The molecule has 1 saturated carbocycles. The predicted octanol–water partition coefficient (Wildman–Crippen LogP) is 3.73. The van der Waals surface area contributed by atoms with Gasteiger partial charge in [-0.15, -0.1) is 11.8 Å². The van der Waals surface area contributed by atoms with Crippen LogP contribution in [-0.4, -0.2) is 29.4 Å². The van der Waals surface area contributed by atoms with E-state index in [1.54, 1.807) is 23.9 Å². The van der Waals surface area contributed by atoms with Gasteiger partial charge in [-0.3, -0.25) is 4.79 Å². The molecule has 0 bridgehead atoms. The fourth-order valence-electron chi connectivity index (χ4n) is 2.75. The summed E-state index contributed by atoms with van der Waals surface area (Å²) in [6.07, 6.45) is 5.65. The first kappa shape index (κ1) is 16.7. The molecule has 0 atom stereocenters. The normalized spacial score (nSPS) is 25.6. The molecule has 5 heteroatoms. The molecular formula is C16H22ClNO2S. The Balaban J connectivity index is 2.16. The highest BCUT2D eigenvalue weighted by molar-refractivity contribution is 7.98. The smallest absolute Gasteiger partial charge is 0.253 e. The summed E-state index contributed by atoms with van der Waals surface area (Å²) in [7, 11) is 0. The van der Waals surface area contributed by atoms with Crippen LogP contribution in [0.1, 0.15) is 43.0 Å². The van der Waals surface area contributed by atoms with Crippen LogP contribution in [0.2, 0.25) is 5.02 Å². The maximum atomic E-state index is 12.5. The molecule has 0 aromatic heterocycles. The summed E-state index contributed by atoms with van der Waals surface area (Å²) in [5.74, 6) is 0.462. The van der Waals surface area contributed by atoms with Crippen molar-refractivity contribution in [3.63, 3.8) is 0 Å². The van der Waals surface area contributed by atoms with E-state index in [9.17, 15) is 9.90 Å². The molecule has 0 heterocycles. The Morgan fingerprint density at radius 2 is 2.14 bits per heavy atom. The van der Waals surface area contributed by atoms with Gasteiger partial charge in [0.2, 0.25) is 0 Å². The van der Waals surface area contributed by atoms with E-state index in [1.165, 1.54) is 0 Å². The number of carbonyl (C=O) groups is 1. The molecule has 1 aliphatic rings. The zero-order valence-corrected chi connectivity index (χ0v) is 14.1. The molecule has 1 aromatic carbocycles. The van der Waals surface area contributed by atoms with Crippen LogP contribution in [0.3, 0.4) is 0 Å². The highest BCUT2D eigenvalue weighted by atomic mass is 35.5. The topological polar surface area (TPSA) is 49.3 Å². The van der Waals surface area contributed by atoms with E-state index in [4.69, 9.17) is 11.6 Å². The zero-order valence-electron chi connectivity index (χ0n) is 12.5. The van der Waals surface area contributed by atoms with Crippen molar-refractivity contribution in [2.24, 2.45) is 5.92 Å². The largest absolute Gasteiger partial charge is 0.394 e. The van der Waals surface area contributed by atoms with E-state index in [0.717, 1.165) is 30.6 Å². The molecule has 3 nitrogen and oxygen atoms in total. The van der Waals surface area contributed by atoms with Gasteiger partial charge in [-0.2, -0.15) is 0 Å². The zero-order chi connectivity index (χ0) is 15.5. The fraction of sp³-hybridized carbons (Fsp3) is 0.562. The first-order valence-electron chi connectivity index (χ1n) is 7.26. The van der Waals surface area contributed by atoms with Crippen molar-refractivity contribution in [2.75, 3.05) is 12.9 Å². The number of benzene rings is 1. The number of nitrogens with one attached hydrogen (secondary N) is 1. The first-order valence-corrected chi connectivity index (χ1v) is 8.87. The minimum Gasteiger partial charge on any atom is -0.394 e. The Kier molecular flexibility index (Phi) is 5.58. The van der Waals surface area contributed by atoms with Crippen LogP contribution in [0.5, 0.6) is 0 Å². The lowest BCUT2D eigenvalue weighted by molar-refractivity contribution is 0.0717. The molecule has 0 saturated heterocycles. The molecule has 1 aliphatic carbocycles. The number of carbonyl (C=O) groups excluding carboxylic acids is 1. The Morgan fingerprint density at radius 1 is 1.48 bits per heavy atom. The minimum atomic E-state index is -0.498. The number of aliphatic hydroxyl groups excluding tert-OH is 1. The molecule has 21 heavy (non-hydrogen) atoms. The van der Waals surface area contributed by atoms with Crippen molar-refractivity contribution < 1.29 is 9.90 Å². The number of rotatable bonds is 4. The monoisotopic (exact) mass is 327 g/mol. The first-order chi connectivity index (χ1) is 9.99. The predicted molar refractivity (Wildman–Crippen MR) is 88.1 cm³/mol. The van der Waals surface area contributed by atoms with E-state index in [2.05, 4.69) is 12.2 Å². The van der Waals surface area contributed by atoms with Gasteiger partial charge in [0.1, 0.15) is 0 Å². The second-order valence-electron chi connectivity index (χ2n) is 5.92. The van der Waals surface area contributed by atoms with Gasteiger partial charge in [0.15, 0.2) is 0 Å². The van der Waals surface area contributed by atoms with E-state index in [0.29, 0.717) is 16.5 Å². The molecule has 2 N–H and O–H groups in total. The highest BCUT2D eigenvalue weighted by Crippen LogP contribution is 2.32. The van der Waals surface area contributed by atoms with E-state index in [1.807, 2.05) is 12.3 Å². The minimum absolute atomic E-state index is 0.0225. The average Bonchev–Trinajstić information content (AvgIpc) is 2.50. The molecule has 0 spiro atoms. The molecule has 1 fully saturated rings. The summed E-state index contributed by atoms with van der Waals surface area (Å²) in [5, 5.41) is 13.2. The SMILES string of the molecule is CSc1ccc(Cl)c(C(=O)NC2(CO)CCC(C)CC2)c1. The Hall–Kier alpha value is -0.710. The second-order valence-corrected chi connectivity index (χ2v) is 7.21. The third kappa shape index (κ3) is 3.93. The van der Waals surface area contributed by atoms with Crippen molar-refractivity contribution in [3.05, 3.63) is 28.8 Å². The Labute approximate surface area is 135 Å². The second kappa shape index (κ2) is 7.03. The number of amides is 1. The lowest BCUT2D eigenvalue weighted by atomic mass is 9.77. The van der Waals surface area contributed by atoms with Crippen molar-refractivity contribution in [1.29, 1.82) is 0 Å². The molecule has 1 amide bonds. The molecule has 0 aliphatic heterocycles. The Bertz CT molecular complexity index is 513. The number of hydrogen-bond donors (Lipinski definition) is 2. The molecule has 116 valence electrons. The molecule has 0 unspecified atom stereocenters. The van der Waals surface area contributed by atoms with Crippen LogP contribution in [0.15, 0.2) is 23.1 Å². The summed E-state index contributed by atoms with van der Waals surface area (Å²) in [6.45, 7) is 2.19. The number of aliphatic hydroxyl groups is 1. The highest BCUT2D eigenvalue weighted by Gasteiger charge is 2.35. The number of hydrogen-bond acceptors (Lipinski definition) is 3. The summed E-state index contributed by atoms with van der Waals surface area (Å²) >= 11 is 7.72. The van der Waals surface area contributed by atoms with Gasteiger partial charge >= 0.3 is 0 Å². The number of halogens is 1. The molecule has 2 rings (SSSR count). The molecule has 0 radical (unpaired) electrons. The van der Waals surface area contributed by atoms with Crippen LogP contribution >= 0.6 is 23.4 Å². The van der Waals surface area contributed by atoms with Crippen LogP contribution in [0.4, 0.5) is 0 Å². The van der Waals surface area contributed by atoms with E-state index in [-0.39, 0.29) is 12.5 Å². The molecular weight excluding hydrogens is 306 g/mol. The summed E-state index contributed by atoms with van der Waals surface area (Å²) in [5.41, 5.74) is -0.0163. The summed E-state index contributed by atoms with van der Waals surface area (Å²) in [6, 6.07) is 5.45. The third-order valence-electron chi connectivity index (χ3n) is 4.33.